The summed E-state index contributed by atoms with van der Waals surface area (Å²) in [6.45, 7) is -0.357. The van der Waals surface area contributed by atoms with Crippen LogP contribution in [-0.4, -0.2) is 31.2 Å². The third-order valence-corrected chi connectivity index (χ3v) is 4.18. The summed E-state index contributed by atoms with van der Waals surface area (Å²) in [4.78, 5) is 24.4. The predicted molar refractivity (Wildman–Crippen MR) is 99.9 cm³/mol. The van der Waals surface area contributed by atoms with Crippen molar-refractivity contribution in [3.63, 3.8) is 0 Å². The SMILES string of the molecule is O=C(COC(=O)[C@H]1COc2ccccc2O1)Nc1cccc2ccccc12. The maximum atomic E-state index is 12.2. The number of benzene rings is 3. The minimum Gasteiger partial charge on any atom is -0.485 e. The summed E-state index contributed by atoms with van der Waals surface area (Å²) in [7, 11) is 0. The van der Waals surface area contributed by atoms with Crippen molar-refractivity contribution in [2.24, 2.45) is 0 Å². The zero-order valence-corrected chi connectivity index (χ0v) is 14.4. The quantitative estimate of drug-likeness (QED) is 0.721. The first kappa shape index (κ1) is 16.9. The van der Waals surface area contributed by atoms with Gasteiger partial charge in [0.25, 0.3) is 5.91 Å². The molecule has 6 nitrogen and oxygen atoms in total. The van der Waals surface area contributed by atoms with Crippen molar-refractivity contribution in [2.75, 3.05) is 18.5 Å². The first-order chi connectivity index (χ1) is 13.2. The van der Waals surface area contributed by atoms with Crippen LogP contribution in [-0.2, 0) is 14.3 Å². The maximum absolute atomic E-state index is 12.2. The lowest BCUT2D eigenvalue weighted by molar-refractivity contribution is -0.156. The zero-order chi connectivity index (χ0) is 18.6. The van der Waals surface area contributed by atoms with E-state index in [0.29, 0.717) is 17.2 Å². The number of fused-ring (bicyclic) bond motifs is 2. The molecule has 4 rings (SSSR count). The molecule has 1 aliphatic heterocycles. The lowest BCUT2D eigenvalue weighted by atomic mass is 10.1. The molecule has 27 heavy (non-hydrogen) atoms. The highest BCUT2D eigenvalue weighted by molar-refractivity contribution is 6.02. The molecule has 0 saturated carbocycles. The molecule has 0 aromatic heterocycles. The highest BCUT2D eigenvalue weighted by Crippen LogP contribution is 2.31. The Morgan fingerprint density at radius 3 is 2.59 bits per heavy atom. The Balaban J connectivity index is 1.35. The van der Waals surface area contributed by atoms with Gasteiger partial charge < -0.3 is 19.5 Å². The largest absolute Gasteiger partial charge is 0.485 e. The van der Waals surface area contributed by atoms with Crippen LogP contribution < -0.4 is 14.8 Å². The van der Waals surface area contributed by atoms with Crippen LogP contribution in [0, 0.1) is 0 Å². The molecule has 1 aliphatic rings. The van der Waals surface area contributed by atoms with Gasteiger partial charge in [0.1, 0.15) is 6.61 Å². The van der Waals surface area contributed by atoms with Crippen LogP contribution in [0.15, 0.2) is 66.7 Å². The summed E-state index contributed by atoms with van der Waals surface area (Å²) < 4.78 is 16.1. The molecule has 0 fully saturated rings. The molecule has 6 heteroatoms. The number of hydrogen-bond acceptors (Lipinski definition) is 5. The van der Waals surface area contributed by atoms with E-state index in [1.54, 1.807) is 24.3 Å². The summed E-state index contributed by atoms with van der Waals surface area (Å²) in [5.41, 5.74) is 0.667. The molecule has 1 amide bonds. The molecule has 3 aromatic carbocycles. The van der Waals surface area contributed by atoms with Crippen molar-refractivity contribution in [2.45, 2.75) is 6.10 Å². The highest BCUT2D eigenvalue weighted by Gasteiger charge is 2.29. The minimum absolute atomic E-state index is 0.0424. The molecule has 0 unspecified atom stereocenters. The van der Waals surface area contributed by atoms with Crippen LogP contribution in [0.25, 0.3) is 10.8 Å². The second-order valence-electron chi connectivity index (χ2n) is 6.05. The summed E-state index contributed by atoms with van der Waals surface area (Å²) in [6, 6.07) is 20.4. The standard InChI is InChI=1S/C21H17NO5/c23-20(22-16-9-5-7-14-6-1-2-8-15(14)16)13-26-21(24)19-12-25-17-10-3-4-11-18(17)27-19/h1-11,19H,12-13H2,(H,22,23)/t19-/m1/s1. The van der Waals surface area contributed by atoms with Gasteiger partial charge in [-0.05, 0) is 23.6 Å². The fourth-order valence-corrected chi connectivity index (χ4v) is 2.89. The molecule has 1 N–H and O–H groups in total. The average Bonchev–Trinajstić information content (AvgIpc) is 2.72. The molecule has 136 valence electrons. The molecule has 0 saturated heterocycles. The third-order valence-electron chi connectivity index (χ3n) is 4.18. The van der Waals surface area contributed by atoms with Crippen LogP contribution in [0.1, 0.15) is 0 Å². The molecule has 1 heterocycles. The highest BCUT2D eigenvalue weighted by atomic mass is 16.6. The summed E-state index contributed by atoms with van der Waals surface area (Å²) in [5, 5.41) is 4.70. The first-order valence-electron chi connectivity index (χ1n) is 8.53. The predicted octanol–water partition coefficient (Wildman–Crippen LogP) is 3.16. The molecule has 0 bridgehead atoms. The van der Waals surface area contributed by atoms with Gasteiger partial charge >= 0.3 is 5.97 Å². The lowest BCUT2D eigenvalue weighted by Crippen LogP contribution is -2.39. The minimum atomic E-state index is -0.898. The van der Waals surface area contributed by atoms with Gasteiger partial charge in [-0.15, -0.1) is 0 Å². The van der Waals surface area contributed by atoms with Gasteiger partial charge in [0.05, 0.1) is 0 Å². The van der Waals surface area contributed by atoms with E-state index in [9.17, 15) is 9.59 Å². The fourth-order valence-electron chi connectivity index (χ4n) is 2.89. The Bertz CT molecular complexity index is 995. The molecule has 3 aromatic rings. The van der Waals surface area contributed by atoms with E-state index in [0.717, 1.165) is 10.8 Å². The van der Waals surface area contributed by atoms with Gasteiger partial charge in [-0.2, -0.15) is 0 Å². The molecular formula is C21H17NO5. The van der Waals surface area contributed by atoms with E-state index in [4.69, 9.17) is 14.2 Å². The first-order valence-corrected chi connectivity index (χ1v) is 8.53. The summed E-state index contributed by atoms with van der Waals surface area (Å²) >= 11 is 0. The molecular weight excluding hydrogens is 346 g/mol. The van der Waals surface area contributed by atoms with Crippen LogP contribution in [0.5, 0.6) is 11.5 Å². The number of para-hydroxylation sites is 2. The Labute approximate surface area is 155 Å². The van der Waals surface area contributed by atoms with Gasteiger partial charge in [-0.25, -0.2) is 4.79 Å². The zero-order valence-electron chi connectivity index (χ0n) is 14.4. The van der Waals surface area contributed by atoms with E-state index in [-0.39, 0.29) is 6.61 Å². The van der Waals surface area contributed by atoms with Crippen molar-refractivity contribution in [3.8, 4) is 11.5 Å². The van der Waals surface area contributed by atoms with Crippen LogP contribution in [0.2, 0.25) is 0 Å². The van der Waals surface area contributed by atoms with E-state index < -0.39 is 24.6 Å². The van der Waals surface area contributed by atoms with E-state index in [1.807, 2.05) is 42.5 Å². The topological polar surface area (TPSA) is 73.9 Å². The van der Waals surface area contributed by atoms with Crippen molar-refractivity contribution >= 4 is 28.3 Å². The molecule has 0 spiro atoms. The number of rotatable bonds is 4. The molecule has 1 atom stereocenters. The molecule has 0 aliphatic carbocycles. The van der Waals surface area contributed by atoms with E-state index >= 15 is 0 Å². The van der Waals surface area contributed by atoms with Crippen molar-refractivity contribution in [1.82, 2.24) is 0 Å². The second-order valence-corrected chi connectivity index (χ2v) is 6.05. The van der Waals surface area contributed by atoms with Crippen molar-refractivity contribution in [3.05, 3.63) is 66.7 Å². The Kier molecular flexibility index (Phi) is 4.61. The van der Waals surface area contributed by atoms with Crippen LogP contribution in [0.3, 0.4) is 0 Å². The Hall–Kier alpha value is -3.54. The lowest BCUT2D eigenvalue weighted by Gasteiger charge is -2.24. The summed E-state index contributed by atoms with van der Waals surface area (Å²) in [6.07, 6.45) is -0.898. The van der Waals surface area contributed by atoms with Crippen LogP contribution in [0.4, 0.5) is 5.69 Å². The second kappa shape index (κ2) is 7.37. The van der Waals surface area contributed by atoms with Gasteiger partial charge in [0, 0.05) is 11.1 Å². The Morgan fingerprint density at radius 1 is 0.963 bits per heavy atom. The number of ether oxygens (including phenoxy) is 3. The summed E-state index contributed by atoms with van der Waals surface area (Å²) in [5.74, 6) is -0.00411. The number of esters is 1. The monoisotopic (exact) mass is 363 g/mol. The smallest absolute Gasteiger partial charge is 0.351 e. The van der Waals surface area contributed by atoms with E-state index in [2.05, 4.69) is 5.32 Å². The van der Waals surface area contributed by atoms with Gasteiger partial charge in [-0.1, -0.05) is 48.5 Å². The van der Waals surface area contributed by atoms with Crippen molar-refractivity contribution < 1.29 is 23.8 Å². The van der Waals surface area contributed by atoms with Crippen LogP contribution >= 0.6 is 0 Å². The number of carbonyl (C=O) groups excluding carboxylic acids is 2. The maximum Gasteiger partial charge on any atom is 0.351 e. The van der Waals surface area contributed by atoms with Crippen molar-refractivity contribution in [1.29, 1.82) is 0 Å². The van der Waals surface area contributed by atoms with E-state index in [1.165, 1.54) is 0 Å². The van der Waals surface area contributed by atoms with Gasteiger partial charge in [-0.3, -0.25) is 4.79 Å². The number of carbonyl (C=O) groups is 2. The number of anilines is 1. The van der Waals surface area contributed by atoms with Gasteiger partial charge in [0.2, 0.25) is 6.10 Å². The molecule has 0 radical (unpaired) electrons. The average molecular weight is 363 g/mol. The number of hydrogen-bond donors (Lipinski definition) is 1. The third kappa shape index (κ3) is 3.69. The Morgan fingerprint density at radius 2 is 1.70 bits per heavy atom. The number of amides is 1. The normalized spacial score (nSPS) is 15.2. The fraction of sp³-hybridized carbons (Fsp3) is 0.143. The number of nitrogens with one attached hydrogen (secondary N) is 1. The van der Waals surface area contributed by atoms with Gasteiger partial charge in [0.15, 0.2) is 18.1 Å².